The highest BCUT2D eigenvalue weighted by Gasteiger charge is 2.21. The van der Waals surface area contributed by atoms with E-state index in [1.54, 1.807) is 6.92 Å². The lowest BCUT2D eigenvalue weighted by Gasteiger charge is -2.00. The van der Waals surface area contributed by atoms with Gasteiger partial charge in [-0.15, -0.1) is 11.0 Å². The molecule has 0 unspecified atom stereocenters. The van der Waals surface area contributed by atoms with E-state index in [1.807, 2.05) is 0 Å². The number of sulfonamides is 1. The summed E-state index contributed by atoms with van der Waals surface area (Å²) in [7, 11) is -2.55. The van der Waals surface area contributed by atoms with Gasteiger partial charge in [-0.2, -0.15) is 4.68 Å². The van der Waals surface area contributed by atoms with Crippen LogP contribution in [0.25, 0.3) is 5.65 Å². The summed E-state index contributed by atoms with van der Waals surface area (Å²) in [5.41, 5.74) is -0.683. The summed E-state index contributed by atoms with van der Waals surface area (Å²) in [4.78, 5) is 15.6. The van der Waals surface area contributed by atoms with Gasteiger partial charge in [0.1, 0.15) is 12.9 Å². The third kappa shape index (κ3) is 2.20. The second kappa shape index (κ2) is 4.79. The van der Waals surface area contributed by atoms with Crippen molar-refractivity contribution in [3.8, 4) is 11.8 Å². The molecule has 0 fully saturated rings. The molecule has 2 aromatic rings. The normalized spacial score (nSPS) is 11.3. The summed E-state index contributed by atoms with van der Waals surface area (Å²) in [5.74, 6) is 5.29. The van der Waals surface area contributed by atoms with Gasteiger partial charge in [0.15, 0.2) is 0 Å². The van der Waals surface area contributed by atoms with E-state index in [2.05, 4.69) is 31.9 Å². The van der Waals surface area contributed by atoms with E-state index >= 15 is 0 Å². The zero-order chi connectivity index (χ0) is 14.0. The summed E-state index contributed by atoms with van der Waals surface area (Å²) in [5, 5.41) is 6.98. The van der Waals surface area contributed by atoms with Crippen molar-refractivity contribution in [2.75, 3.05) is 7.05 Å². The maximum atomic E-state index is 12.0. The predicted molar refractivity (Wildman–Crippen MR) is 64.7 cm³/mol. The van der Waals surface area contributed by atoms with Crippen molar-refractivity contribution in [2.24, 2.45) is 0 Å². The van der Waals surface area contributed by atoms with Crippen LogP contribution in [0.5, 0.6) is 0 Å². The van der Waals surface area contributed by atoms with Crippen molar-refractivity contribution >= 4 is 15.7 Å². The smallest absolute Gasteiger partial charge is 0.245 e. The van der Waals surface area contributed by atoms with Crippen LogP contribution in [0, 0.1) is 11.8 Å². The molecule has 2 aromatic heterocycles. The number of hydrogen-bond acceptors (Lipinski definition) is 6. The average Bonchev–Trinajstić information content (AvgIpc) is 2.83. The van der Waals surface area contributed by atoms with Crippen LogP contribution in [0.2, 0.25) is 0 Å². The summed E-state index contributed by atoms with van der Waals surface area (Å²) >= 11 is 0. The Morgan fingerprint density at radius 2 is 2.21 bits per heavy atom. The van der Waals surface area contributed by atoms with E-state index in [0.29, 0.717) is 0 Å². The molecule has 100 valence electrons. The predicted octanol–water partition coefficient (Wildman–Crippen LogP) is -1.78. The maximum Gasteiger partial charge on any atom is 0.353 e. The summed E-state index contributed by atoms with van der Waals surface area (Å²) in [6.07, 6.45) is 1.09. The van der Waals surface area contributed by atoms with E-state index in [0.717, 1.165) is 15.4 Å². The highest BCUT2D eigenvalue weighted by molar-refractivity contribution is 7.89. The van der Waals surface area contributed by atoms with Crippen LogP contribution in [-0.2, 0) is 16.6 Å². The van der Waals surface area contributed by atoms with Crippen LogP contribution in [0.15, 0.2) is 16.1 Å². The number of aromatic nitrogens is 5. The van der Waals surface area contributed by atoms with Gasteiger partial charge in [0.05, 0.1) is 0 Å². The molecular formula is C9H10N6O3S. The lowest BCUT2D eigenvalue weighted by atomic mass is 10.6. The number of nitrogens with one attached hydrogen (secondary N) is 1. The summed E-state index contributed by atoms with van der Waals surface area (Å²) in [6, 6.07) is 0. The first-order chi connectivity index (χ1) is 9.01. The fourth-order valence-electron chi connectivity index (χ4n) is 1.35. The molecule has 0 radical (unpaired) electrons. The van der Waals surface area contributed by atoms with Gasteiger partial charge in [0, 0.05) is 0 Å². The van der Waals surface area contributed by atoms with E-state index in [-0.39, 0.29) is 17.2 Å². The van der Waals surface area contributed by atoms with Gasteiger partial charge in [-0.3, -0.25) is 0 Å². The number of fused-ring (bicyclic) bond motifs is 1. The van der Waals surface area contributed by atoms with Crippen LogP contribution < -0.4 is 10.4 Å². The molecule has 2 heterocycles. The Hall–Kier alpha value is -2.25. The first-order valence-electron chi connectivity index (χ1n) is 5.15. The molecule has 9 nitrogen and oxygen atoms in total. The van der Waals surface area contributed by atoms with Crippen molar-refractivity contribution in [1.29, 1.82) is 0 Å². The number of hydrogen-bond donors (Lipinski definition) is 1. The fourth-order valence-corrected chi connectivity index (χ4v) is 2.11. The van der Waals surface area contributed by atoms with Crippen LogP contribution in [0.4, 0.5) is 0 Å². The Kier molecular flexibility index (Phi) is 3.32. The van der Waals surface area contributed by atoms with Crippen molar-refractivity contribution in [2.45, 2.75) is 18.5 Å². The van der Waals surface area contributed by atoms with Gasteiger partial charge in [0.25, 0.3) is 10.0 Å². The Morgan fingerprint density at radius 3 is 2.84 bits per heavy atom. The van der Waals surface area contributed by atoms with E-state index < -0.39 is 15.7 Å². The van der Waals surface area contributed by atoms with Gasteiger partial charge in [-0.1, -0.05) is 11.1 Å². The Bertz CT molecular complexity index is 838. The lowest BCUT2D eigenvalue weighted by Crippen LogP contribution is -2.30. The third-order valence-electron chi connectivity index (χ3n) is 2.31. The zero-order valence-electron chi connectivity index (χ0n) is 10.2. The number of rotatable bonds is 3. The molecule has 0 spiro atoms. The molecule has 1 N–H and O–H groups in total. The van der Waals surface area contributed by atoms with Crippen molar-refractivity contribution in [3.63, 3.8) is 0 Å². The maximum absolute atomic E-state index is 12.0. The van der Waals surface area contributed by atoms with Gasteiger partial charge >= 0.3 is 5.69 Å². The molecule has 0 saturated carbocycles. The van der Waals surface area contributed by atoms with Crippen molar-refractivity contribution < 1.29 is 8.42 Å². The van der Waals surface area contributed by atoms with Crippen LogP contribution in [-0.4, -0.2) is 39.8 Å². The minimum atomic E-state index is -3.79. The van der Waals surface area contributed by atoms with Crippen LogP contribution in [0.3, 0.4) is 0 Å². The largest absolute Gasteiger partial charge is 0.353 e. The molecule has 0 atom stereocenters. The molecule has 19 heavy (non-hydrogen) atoms. The molecule has 0 bridgehead atoms. The number of imidazole rings is 1. The molecule has 0 aromatic carbocycles. The topological polar surface area (TPSA) is 111 Å². The molecule has 0 aliphatic rings. The molecule has 0 aliphatic heterocycles. The van der Waals surface area contributed by atoms with Crippen LogP contribution in [0.1, 0.15) is 6.92 Å². The van der Waals surface area contributed by atoms with Crippen molar-refractivity contribution in [1.82, 2.24) is 29.1 Å². The molecule has 0 amide bonds. The van der Waals surface area contributed by atoms with Gasteiger partial charge < -0.3 is 0 Å². The third-order valence-corrected chi connectivity index (χ3v) is 3.65. The van der Waals surface area contributed by atoms with Crippen LogP contribution >= 0.6 is 0 Å². The second-order valence-corrected chi connectivity index (χ2v) is 5.21. The van der Waals surface area contributed by atoms with Gasteiger partial charge in [-0.05, 0) is 14.0 Å². The number of nitrogens with zero attached hydrogens (tertiary/aromatic N) is 5. The molecule has 10 heteroatoms. The summed E-state index contributed by atoms with van der Waals surface area (Å²) < 4.78 is 27.4. The lowest BCUT2D eigenvalue weighted by molar-refractivity contribution is 0.571. The second-order valence-electron chi connectivity index (χ2n) is 3.41. The van der Waals surface area contributed by atoms with Crippen molar-refractivity contribution in [3.05, 3.63) is 16.8 Å². The first-order valence-corrected chi connectivity index (χ1v) is 6.63. The molecule has 0 saturated heterocycles. The Balaban J connectivity index is 2.68. The SMILES string of the molecule is CC#CCn1nnc2c(S(=O)(=O)NC)ncn2c1=O. The zero-order valence-corrected chi connectivity index (χ0v) is 11.0. The Labute approximate surface area is 108 Å². The standard InChI is InChI=1S/C9H10N6O3S/c1-3-4-5-15-9(16)14-6-11-8(7(14)12-13-15)19(17,18)10-2/h6,10H,5H2,1-2H3. The average molecular weight is 282 g/mol. The monoisotopic (exact) mass is 282 g/mol. The first kappa shape index (κ1) is 13.2. The highest BCUT2D eigenvalue weighted by Crippen LogP contribution is 2.09. The molecular weight excluding hydrogens is 272 g/mol. The molecule has 2 rings (SSSR count). The van der Waals surface area contributed by atoms with E-state index in [9.17, 15) is 13.2 Å². The minimum absolute atomic E-state index is 0.0740. The minimum Gasteiger partial charge on any atom is -0.245 e. The Morgan fingerprint density at radius 1 is 1.47 bits per heavy atom. The fraction of sp³-hybridized carbons (Fsp3) is 0.333. The van der Waals surface area contributed by atoms with E-state index in [1.165, 1.54) is 7.05 Å². The van der Waals surface area contributed by atoms with Gasteiger partial charge in [0.2, 0.25) is 10.7 Å². The van der Waals surface area contributed by atoms with Gasteiger partial charge in [-0.25, -0.2) is 27.3 Å². The highest BCUT2D eigenvalue weighted by atomic mass is 32.2. The molecule has 0 aliphatic carbocycles. The summed E-state index contributed by atoms with van der Waals surface area (Å²) in [6.45, 7) is 1.70. The quantitative estimate of drug-likeness (QED) is 0.666. The van der Waals surface area contributed by atoms with E-state index in [4.69, 9.17) is 0 Å².